The minimum absolute atomic E-state index is 0.00904. The van der Waals surface area contributed by atoms with Gasteiger partial charge in [0.05, 0.1) is 34.3 Å². The Kier molecular flexibility index (Phi) is 7.43. The molecule has 44 heavy (non-hydrogen) atoms. The monoisotopic (exact) mass is 608 g/mol. The van der Waals surface area contributed by atoms with Crippen molar-refractivity contribution in [1.82, 2.24) is 19.8 Å². The number of benzene rings is 2. The molecule has 2 saturated heterocycles. The number of aromatic nitrogens is 4. The first kappa shape index (κ1) is 28.3. The number of likely N-dealkylation sites (tertiary alicyclic amines) is 1. The lowest BCUT2D eigenvalue weighted by atomic mass is 9.84. The van der Waals surface area contributed by atoms with Gasteiger partial charge in [0.2, 0.25) is 0 Å². The highest BCUT2D eigenvalue weighted by atomic mass is 35.5. The Labute approximate surface area is 261 Å². The van der Waals surface area contributed by atoms with Gasteiger partial charge < -0.3 is 14.9 Å². The molecule has 1 amide bonds. The summed E-state index contributed by atoms with van der Waals surface area (Å²) >= 11 is 6.06. The van der Waals surface area contributed by atoms with Gasteiger partial charge in [0, 0.05) is 36.4 Å². The van der Waals surface area contributed by atoms with Crippen molar-refractivity contribution in [3.63, 3.8) is 0 Å². The Hall–Kier alpha value is -4.47. The van der Waals surface area contributed by atoms with Crippen LogP contribution in [0.5, 0.6) is 0 Å². The molecule has 3 aromatic heterocycles. The molecule has 5 aromatic rings. The lowest BCUT2D eigenvalue weighted by Gasteiger charge is -2.39. The molecule has 0 radical (unpaired) electrons. The maximum atomic E-state index is 13.4. The zero-order valence-corrected chi connectivity index (χ0v) is 25.4. The molecule has 0 spiro atoms. The third-order valence-corrected chi connectivity index (χ3v) is 9.14. The summed E-state index contributed by atoms with van der Waals surface area (Å²) in [5, 5.41) is 16.8. The fraction of sp³-hybridized carbons (Fsp3) is 0.294. The van der Waals surface area contributed by atoms with Crippen LogP contribution in [0, 0.1) is 6.92 Å². The molecule has 10 heteroatoms. The number of carbonyl (C=O) groups is 1. The van der Waals surface area contributed by atoms with Gasteiger partial charge in [0.15, 0.2) is 0 Å². The number of pyridine rings is 2. The van der Waals surface area contributed by atoms with E-state index in [1.54, 1.807) is 4.79 Å². The van der Waals surface area contributed by atoms with Gasteiger partial charge in [-0.15, -0.1) is 0 Å². The number of nitrogens with one attached hydrogen (secondary N) is 1. The predicted octanol–water partition coefficient (Wildman–Crippen LogP) is 5.32. The number of fused-ring (bicyclic) bond motifs is 1. The van der Waals surface area contributed by atoms with Crippen molar-refractivity contribution < 1.29 is 14.3 Å². The van der Waals surface area contributed by atoms with Gasteiger partial charge in [-0.1, -0.05) is 29.8 Å². The van der Waals surface area contributed by atoms with Crippen molar-refractivity contribution in [2.45, 2.75) is 44.2 Å². The van der Waals surface area contributed by atoms with Gasteiger partial charge in [-0.2, -0.15) is 4.40 Å². The molecule has 1 atom stereocenters. The molecule has 7 rings (SSSR count). The van der Waals surface area contributed by atoms with Gasteiger partial charge >= 0.3 is 5.65 Å². The zero-order chi connectivity index (χ0) is 30.3. The van der Waals surface area contributed by atoms with Crippen molar-refractivity contribution in [2.75, 3.05) is 30.0 Å². The number of nitrogens with zero attached hydrogens (tertiary/aromatic N) is 6. The van der Waals surface area contributed by atoms with Crippen LogP contribution in [0.1, 0.15) is 58.9 Å². The van der Waals surface area contributed by atoms with Crippen molar-refractivity contribution in [1.29, 1.82) is 0 Å². The first-order valence-electron chi connectivity index (χ1n) is 15.1. The lowest BCUT2D eigenvalue weighted by molar-refractivity contribution is -0.512. The molecule has 2 aliphatic rings. The van der Waals surface area contributed by atoms with Crippen LogP contribution in [0.4, 0.5) is 11.4 Å². The maximum Gasteiger partial charge on any atom is 0.332 e. The topological polar surface area (TPSA) is 90.6 Å². The van der Waals surface area contributed by atoms with Crippen LogP contribution in [-0.2, 0) is 5.60 Å². The number of rotatable bonds is 6. The fourth-order valence-electron chi connectivity index (χ4n) is 6.39. The van der Waals surface area contributed by atoms with Gasteiger partial charge in [-0.05, 0) is 103 Å². The molecule has 5 heterocycles. The molecule has 2 aromatic carbocycles. The molecular weight excluding hydrogens is 574 g/mol. The predicted molar refractivity (Wildman–Crippen MR) is 170 cm³/mol. The number of amides is 1. The number of aryl methyl sites for hydroxylation is 1. The van der Waals surface area contributed by atoms with E-state index in [0.29, 0.717) is 36.5 Å². The molecule has 0 bridgehead atoms. The molecule has 9 nitrogen and oxygen atoms in total. The second kappa shape index (κ2) is 11.6. The number of anilines is 2. The third-order valence-electron chi connectivity index (χ3n) is 8.89. The number of carbonyl (C=O) groups excluding carboxylic acids is 1. The van der Waals surface area contributed by atoms with Crippen molar-refractivity contribution in [3.8, 4) is 0 Å². The number of piperidine rings is 1. The Morgan fingerprint density at radius 2 is 1.80 bits per heavy atom. The molecule has 2 fully saturated rings. The van der Waals surface area contributed by atoms with E-state index in [1.807, 2.05) is 95.6 Å². The van der Waals surface area contributed by atoms with Gasteiger partial charge in [0.1, 0.15) is 5.69 Å². The Morgan fingerprint density at radius 1 is 1.02 bits per heavy atom. The normalized spacial score (nSPS) is 18.1. The molecule has 224 valence electrons. The quantitative estimate of drug-likeness (QED) is 0.254. The van der Waals surface area contributed by atoms with Crippen LogP contribution >= 0.6 is 11.6 Å². The van der Waals surface area contributed by atoms with E-state index in [0.717, 1.165) is 53.2 Å². The summed E-state index contributed by atoms with van der Waals surface area (Å²) in [4.78, 5) is 23.9. The number of hydrogen-bond donors (Lipinski definition) is 2. The van der Waals surface area contributed by atoms with Crippen LogP contribution in [0.15, 0.2) is 91.5 Å². The summed E-state index contributed by atoms with van der Waals surface area (Å²) in [5.41, 5.74) is 8.71. The first-order chi connectivity index (χ1) is 21.4. The summed E-state index contributed by atoms with van der Waals surface area (Å²) in [6.45, 7) is 4.15. The Balaban J connectivity index is 1.03. The van der Waals surface area contributed by atoms with E-state index in [-0.39, 0.29) is 11.9 Å². The fourth-order valence-corrected chi connectivity index (χ4v) is 6.52. The first-order valence-corrected chi connectivity index (χ1v) is 15.5. The molecule has 0 saturated carbocycles. The average molecular weight is 609 g/mol. The highest BCUT2D eigenvalue weighted by molar-refractivity contribution is 6.30. The summed E-state index contributed by atoms with van der Waals surface area (Å²) in [6.07, 6.45) is 8.84. The summed E-state index contributed by atoms with van der Waals surface area (Å²) < 4.78 is 1.98. The summed E-state index contributed by atoms with van der Waals surface area (Å²) in [6, 6.07) is 23.2. The highest BCUT2D eigenvalue weighted by Gasteiger charge is 2.35. The largest absolute Gasteiger partial charge is 0.385 e. The highest BCUT2D eigenvalue weighted by Crippen LogP contribution is 2.36. The van der Waals surface area contributed by atoms with Crippen LogP contribution in [0.2, 0.25) is 5.02 Å². The van der Waals surface area contributed by atoms with Crippen molar-refractivity contribution in [2.24, 2.45) is 0 Å². The summed E-state index contributed by atoms with van der Waals surface area (Å²) in [5.74, 6) is 0.0240. The lowest BCUT2D eigenvalue weighted by Crippen LogP contribution is -2.43. The minimum atomic E-state index is -0.871. The molecular formula is C34H35ClN7O2+. The van der Waals surface area contributed by atoms with Crippen LogP contribution in [0.3, 0.4) is 0 Å². The molecule has 1 unspecified atom stereocenters. The van der Waals surface area contributed by atoms with Gasteiger partial charge in [-0.3, -0.25) is 9.78 Å². The van der Waals surface area contributed by atoms with Gasteiger partial charge in [0.25, 0.3) is 12.2 Å². The minimum Gasteiger partial charge on any atom is -0.385 e. The van der Waals surface area contributed by atoms with Crippen LogP contribution in [0.25, 0.3) is 5.65 Å². The molecule has 2 N–H and O–H groups in total. The van der Waals surface area contributed by atoms with Gasteiger partial charge in [-0.25, -0.2) is 5.43 Å². The molecule has 0 aliphatic carbocycles. The van der Waals surface area contributed by atoms with E-state index in [9.17, 15) is 9.90 Å². The van der Waals surface area contributed by atoms with Crippen molar-refractivity contribution >= 4 is 34.5 Å². The second-order valence-electron chi connectivity index (χ2n) is 11.8. The van der Waals surface area contributed by atoms with E-state index in [4.69, 9.17) is 16.7 Å². The SMILES string of the molecule is Cc1ccc(C2CCCN2C(=O)c2ccc(Nn3c[n+]4cccc(N5CCC(O)(c6ccc(Cl)cc6)CC5)c4n3)cc2)nc1. The molecule has 2 aliphatic heterocycles. The summed E-state index contributed by atoms with van der Waals surface area (Å²) in [7, 11) is 0. The standard InChI is InChI=1S/C34H34ClN7O2/c1-24-6-15-29(36-22-24)30-4-3-19-41(30)33(43)25-7-13-28(14-8-25)37-42-23-40-18-2-5-31(32(40)38-42)39-20-16-34(44,17-21-39)26-9-11-27(35)12-10-26/h2,5-15,18,22-23,30,44H,3-4,16-17,19-21H2,1H3/p+1. The zero-order valence-electron chi connectivity index (χ0n) is 24.6. The number of aliphatic hydroxyl groups is 1. The number of hydrogen-bond acceptors (Lipinski definition) is 6. The maximum absolute atomic E-state index is 13.4. The van der Waals surface area contributed by atoms with E-state index in [1.165, 1.54) is 0 Å². The third kappa shape index (κ3) is 5.49. The Morgan fingerprint density at radius 3 is 2.52 bits per heavy atom. The Bertz CT molecular complexity index is 1780. The van der Waals surface area contributed by atoms with E-state index in [2.05, 4.69) is 27.4 Å². The van der Waals surface area contributed by atoms with E-state index >= 15 is 0 Å². The second-order valence-corrected chi connectivity index (χ2v) is 12.3. The smallest absolute Gasteiger partial charge is 0.332 e. The van der Waals surface area contributed by atoms with Crippen molar-refractivity contribution in [3.05, 3.63) is 119 Å². The van der Waals surface area contributed by atoms with Crippen LogP contribution in [-0.4, -0.2) is 50.4 Å². The van der Waals surface area contributed by atoms with Crippen LogP contribution < -0.4 is 14.7 Å². The van der Waals surface area contributed by atoms with E-state index < -0.39 is 5.60 Å². The average Bonchev–Trinajstić information content (AvgIpc) is 3.70. The number of halogens is 1.